The Labute approximate surface area is 157 Å². The first kappa shape index (κ1) is 17.9. The molecule has 2 N–H and O–H groups in total. The quantitative estimate of drug-likeness (QED) is 0.589. The SMILES string of the molecule is CC(=O)c1ccc(Nc2cc(Nc3cc(Cl)ccc3C)nc(C)n2)cc1. The largest absolute Gasteiger partial charge is 0.340 e. The van der Waals surface area contributed by atoms with Gasteiger partial charge in [0.2, 0.25) is 0 Å². The van der Waals surface area contributed by atoms with Gasteiger partial charge < -0.3 is 10.6 Å². The number of carbonyl (C=O) groups excluding carboxylic acids is 1. The number of nitrogens with one attached hydrogen (secondary N) is 2. The zero-order chi connectivity index (χ0) is 18.7. The van der Waals surface area contributed by atoms with Crippen LogP contribution in [-0.2, 0) is 0 Å². The molecule has 26 heavy (non-hydrogen) atoms. The third-order valence-electron chi connectivity index (χ3n) is 3.86. The average Bonchev–Trinajstić information content (AvgIpc) is 2.58. The van der Waals surface area contributed by atoms with Gasteiger partial charge in [-0.3, -0.25) is 4.79 Å². The van der Waals surface area contributed by atoms with Crippen LogP contribution in [0.15, 0.2) is 48.5 Å². The highest BCUT2D eigenvalue weighted by Crippen LogP contribution is 2.25. The standard InChI is InChI=1S/C20H19ClN4O/c1-12-4-7-16(21)10-18(12)25-20-11-19(22-14(3)23-20)24-17-8-5-15(6-9-17)13(2)26/h4-11H,1-3H3,(H2,22,23,24,25). The Kier molecular flexibility index (Phi) is 5.19. The van der Waals surface area contributed by atoms with E-state index in [1.165, 1.54) is 0 Å². The van der Waals surface area contributed by atoms with Crippen molar-refractivity contribution in [2.75, 3.05) is 10.6 Å². The molecule has 6 heteroatoms. The molecule has 0 saturated heterocycles. The third kappa shape index (κ3) is 4.37. The smallest absolute Gasteiger partial charge is 0.159 e. The summed E-state index contributed by atoms with van der Waals surface area (Å²) in [7, 11) is 0. The lowest BCUT2D eigenvalue weighted by molar-refractivity contribution is 0.101. The number of hydrogen-bond donors (Lipinski definition) is 2. The monoisotopic (exact) mass is 366 g/mol. The average molecular weight is 367 g/mol. The van der Waals surface area contributed by atoms with E-state index in [9.17, 15) is 4.79 Å². The topological polar surface area (TPSA) is 66.9 Å². The fraction of sp³-hybridized carbons (Fsp3) is 0.150. The number of carbonyl (C=O) groups is 1. The van der Waals surface area contributed by atoms with Gasteiger partial charge in [0.15, 0.2) is 5.78 Å². The normalized spacial score (nSPS) is 10.5. The summed E-state index contributed by atoms with van der Waals surface area (Å²) in [4.78, 5) is 20.2. The van der Waals surface area contributed by atoms with E-state index in [4.69, 9.17) is 11.6 Å². The van der Waals surface area contributed by atoms with E-state index in [0.717, 1.165) is 16.9 Å². The highest BCUT2D eigenvalue weighted by Gasteiger charge is 2.06. The van der Waals surface area contributed by atoms with Gasteiger partial charge in [-0.25, -0.2) is 9.97 Å². The first-order chi connectivity index (χ1) is 12.4. The Morgan fingerprint density at radius 1 is 0.923 bits per heavy atom. The summed E-state index contributed by atoms with van der Waals surface area (Å²) >= 11 is 6.08. The second-order valence-corrected chi connectivity index (χ2v) is 6.46. The maximum absolute atomic E-state index is 11.4. The van der Waals surface area contributed by atoms with Crippen molar-refractivity contribution in [1.82, 2.24) is 9.97 Å². The molecule has 0 aliphatic rings. The molecule has 5 nitrogen and oxygen atoms in total. The van der Waals surface area contributed by atoms with Gasteiger partial charge in [0.25, 0.3) is 0 Å². The third-order valence-corrected chi connectivity index (χ3v) is 4.10. The Morgan fingerprint density at radius 2 is 1.58 bits per heavy atom. The summed E-state index contributed by atoms with van der Waals surface area (Å²) in [6, 6.07) is 14.8. The zero-order valence-electron chi connectivity index (χ0n) is 14.8. The molecule has 0 saturated carbocycles. The summed E-state index contributed by atoms with van der Waals surface area (Å²) in [5.41, 5.74) is 3.48. The molecule has 0 atom stereocenters. The summed E-state index contributed by atoms with van der Waals surface area (Å²) in [6.45, 7) is 5.38. The van der Waals surface area contributed by atoms with Crippen LogP contribution in [0.25, 0.3) is 0 Å². The van der Waals surface area contributed by atoms with E-state index < -0.39 is 0 Å². The van der Waals surface area contributed by atoms with Gasteiger partial charge in [-0.05, 0) is 62.7 Å². The molecule has 0 aliphatic heterocycles. The Bertz CT molecular complexity index is 955. The van der Waals surface area contributed by atoms with E-state index in [1.807, 2.05) is 50.2 Å². The van der Waals surface area contributed by atoms with E-state index in [-0.39, 0.29) is 5.78 Å². The maximum atomic E-state index is 11.4. The second kappa shape index (κ2) is 7.54. The van der Waals surface area contributed by atoms with Crippen molar-refractivity contribution < 1.29 is 4.79 Å². The Balaban J connectivity index is 1.83. The van der Waals surface area contributed by atoms with Crippen LogP contribution in [-0.4, -0.2) is 15.8 Å². The number of rotatable bonds is 5. The first-order valence-corrected chi connectivity index (χ1v) is 8.55. The van der Waals surface area contributed by atoms with Crippen molar-refractivity contribution in [3.8, 4) is 0 Å². The molecule has 0 radical (unpaired) electrons. The minimum atomic E-state index is 0.0396. The van der Waals surface area contributed by atoms with Crippen molar-refractivity contribution in [3.63, 3.8) is 0 Å². The van der Waals surface area contributed by atoms with Crippen molar-refractivity contribution in [2.24, 2.45) is 0 Å². The summed E-state index contributed by atoms with van der Waals surface area (Å²) in [5.74, 6) is 2.01. The molecule has 1 heterocycles. The van der Waals surface area contributed by atoms with Crippen LogP contribution in [0, 0.1) is 13.8 Å². The van der Waals surface area contributed by atoms with Crippen molar-refractivity contribution in [1.29, 1.82) is 0 Å². The summed E-state index contributed by atoms with van der Waals surface area (Å²) in [6.07, 6.45) is 0. The molecule has 0 fully saturated rings. The lowest BCUT2D eigenvalue weighted by Gasteiger charge is -2.12. The van der Waals surface area contributed by atoms with Crippen LogP contribution >= 0.6 is 11.6 Å². The molecule has 0 aliphatic carbocycles. The van der Waals surface area contributed by atoms with Crippen LogP contribution in [0.4, 0.5) is 23.0 Å². The minimum absolute atomic E-state index is 0.0396. The van der Waals surface area contributed by atoms with Crippen LogP contribution in [0.1, 0.15) is 28.7 Å². The van der Waals surface area contributed by atoms with Gasteiger partial charge in [0, 0.05) is 28.0 Å². The Hall–Kier alpha value is -2.92. The molecule has 2 aromatic carbocycles. The molecule has 3 aromatic rings. The van der Waals surface area contributed by atoms with Gasteiger partial charge in [0.05, 0.1) is 0 Å². The number of aromatic nitrogens is 2. The van der Waals surface area contributed by atoms with Crippen molar-refractivity contribution in [3.05, 3.63) is 70.5 Å². The molecule has 3 rings (SSSR count). The lowest BCUT2D eigenvalue weighted by atomic mass is 10.1. The van der Waals surface area contributed by atoms with Gasteiger partial charge in [0.1, 0.15) is 17.5 Å². The van der Waals surface area contributed by atoms with E-state index in [1.54, 1.807) is 19.1 Å². The van der Waals surface area contributed by atoms with Crippen LogP contribution in [0.2, 0.25) is 5.02 Å². The molecular weight excluding hydrogens is 348 g/mol. The fourth-order valence-electron chi connectivity index (χ4n) is 2.50. The molecule has 132 valence electrons. The van der Waals surface area contributed by atoms with Gasteiger partial charge >= 0.3 is 0 Å². The second-order valence-electron chi connectivity index (χ2n) is 6.03. The maximum Gasteiger partial charge on any atom is 0.159 e. The fourth-order valence-corrected chi connectivity index (χ4v) is 2.67. The number of halogens is 1. The predicted octanol–water partition coefficient (Wildman–Crippen LogP) is 5.44. The molecule has 0 unspecified atom stereocenters. The number of Topliss-reactive ketones (excluding diaryl/α,β-unsaturated/α-hetero) is 1. The number of aryl methyl sites for hydroxylation is 2. The number of hydrogen-bond acceptors (Lipinski definition) is 5. The summed E-state index contributed by atoms with van der Waals surface area (Å²) in [5, 5.41) is 7.18. The van der Waals surface area contributed by atoms with Gasteiger partial charge in [-0.15, -0.1) is 0 Å². The number of nitrogens with zero attached hydrogens (tertiary/aromatic N) is 2. The van der Waals surface area contributed by atoms with Crippen LogP contribution < -0.4 is 10.6 Å². The minimum Gasteiger partial charge on any atom is -0.340 e. The summed E-state index contributed by atoms with van der Waals surface area (Å²) < 4.78 is 0. The number of ketones is 1. The number of benzene rings is 2. The van der Waals surface area contributed by atoms with Gasteiger partial charge in [-0.1, -0.05) is 17.7 Å². The van der Waals surface area contributed by atoms with Crippen LogP contribution in [0.3, 0.4) is 0 Å². The Morgan fingerprint density at radius 3 is 2.23 bits per heavy atom. The predicted molar refractivity (Wildman–Crippen MR) is 106 cm³/mol. The number of anilines is 4. The zero-order valence-corrected chi connectivity index (χ0v) is 15.6. The van der Waals surface area contributed by atoms with E-state index in [0.29, 0.717) is 28.0 Å². The molecule has 0 amide bonds. The van der Waals surface area contributed by atoms with Gasteiger partial charge in [-0.2, -0.15) is 0 Å². The first-order valence-electron chi connectivity index (χ1n) is 8.17. The molecule has 1 aromatic heterocycles. The lowest BCUT2D eigenvalue weighted by Crippen LogP contribution is -2.02. The van der Waals surface area contributed by atoms with Crippen molar-refractivity contribution >= 4 is 40.4 Å². The van der Waals surface area contributed by atoms with Crippen LogP contribution in [0.5, 0.6) is 0 Å². The van der Waals surface area contributed by atoms with E-state index in [2.05, 4.69) is 20.6 Å². The van der Waals surface area contributed by atoms with E-state index >= 15 is 0 Å². The van der Waals surface area contributed by atoms with Crippen molar-refractivity contribution in [2.45, 2.75) is 20.8 Å². The molecular formula is C20H19ClN4O. The highest BCUT2D eigenvalue weighted by molar-refractivity contribution is 6.30. The molecule has 0 spiro atoms. The highest BCUT2D eigenvalue weighted by atomic mass is 35.5. The molecule has 0 bridgehead atoms.